The van der Waals surface area contributed by atoms with Crippen LogP contribution in [-0.2, 0) is 6.42 Å². The average Bonchev–Trinajstić information content (AvgIpc) is 3.03. The molecule has 1 aliphatic rings. The van der Waals surface area contributed by atoms with Crippen molar-refractivity contribution in [3.05, 3.63) is 72.5 Å². The van der Waals surface area contributed by atoms with Gasteiger partial charge in [-0.2, -0.15) is 0 Å². The molecule has 0 radical (unpaired) electrons. The van der Waals surface area contributed by atoms with Gasteiger partial charge in [-0.1, -0.05) is 55.5 Å². The molecule has 24 heavy (non-hydrogen) atoms. The standard InChI is InChI=1S/C22H23NS/c1-16-15-22(16,2)23-14-7-3-4-9-17-10-8-12-19-18-11-5-6-13-20(18)24-21(17)19/h3-8,10-14,16,23H,9,15H2,1-2H3/b4-3-,14-7-. The zero-order chi connectivity index (χ0) is 16.6. The van der Waals surface area contributed by atoms with E-state index in [1.165, 1.54) is 32.2 Å². The zero-order valence-corrected chi connectivity index (χ0v) is 15.1. The third-order valence-electron chi connectivity index (χ3n) is 5.24. The molecule has 2 unspecified atom stereocenters. The summed E-state index contributed by atoms with van der Waals surface area (Å²) in [7, 11) is 0. The molecule has 0 aliphatic heterocycles. The van der Waals surface area contributed by atoms with Crippen molar-refractivity contribution in [2.75, 3.05) is 0 Å². The van der Waals surface area contributed by atoms with Crippen LogP contribution in [0.5, 0.6) is 0 Å². The van der Waals surface area contributed by atoms with Crippen LogP contribution in [0.4, 0.5) is 0 Å². The Balaban J connectivity index is 1.48. The predicted molar refractivity (Wildman–Crippen MR) is 107 cm³/mol. The number of hydrogen-bond donors (Lipinski definition) is 1. The van der Waals surface area contributed by atoms with Crippen LogP contribution in [0.15, 0.2) is 66.9 Å². The van der Waals surface area contributed by atoms with E-state index in [0.717, 1.165) is 12.3 Å². The fourth-order valence-corrected chi connectivity index (χ4v) is 4.54. The molecule has 2 heteroatoms. The number of nitrogens with one attached hydrogen (secondary N) is 1. The first-order valence-corrected chi connectivity index (χ1v) is 9.47. The third kappa shape index (κ3) is 2.87. The molecule has 0 saturated heterocycles. The minimum Gasteiger partial charge on any atom is -0.385 e. The Morgan fingerprint density at radius 1 is 1.12 bits per heavy atom. The molecule has 1 heterocycles. The van der Waals surface area contributed by atoms with Crippen LogP contribution in [0.3, 0.4) is 0 Å². The van der Waals surface area contributed by atoms with Gasteiger partial charge in [0, 0.05) is 25.7 Å². The minimum absolute atomic E-state index is 0.326. The average molecular weight is 334 g/mol. The zero-order valence-electron chi connectivity index (χ0n) is 14.3. The molecule has 2 atom stereocenters. The molecular weight excluding hydrogens is 310 g/mol. The normalized spacial score (nSPS) is 23.7. The van der Waals surface area contributed by atoms with E-state index in [-0.39, 0.29) is 0 Å². The van der Waals surface area contributed by atoms with Crippen molar-refractivity contribution >= 4 is 31.5 Å². The van der Waals surface area contributed by atoms with Crippen molar-refractivity contribution in [1.82, 2.24) is 5.32 Å². The summed E-state index contributed by atoms with van der Waals surface area (Å²) in [5, 5.41) is 6.26. The van der Waals surface area contributed by atoms with Crippen molar-refractivity contribution in [2.24, 2.45) is 5.92 Å². The van der Waals surface area contributed by atoms with E-state index >= 15 is 0 Å². The Bertz CT molecular complexity index is 933. The largest absolute Gasteiger partial charge is 0.385 e. The van der Waals surface area contributed by atoms with E-state index in [1.54, 1.807) is 0 Å². The number of fused-ring (bicyclic) bond motifs is 3. The third-order valence-corrected chi connectivity index (χ3v) is 6.50. The maximum Gasteiger partial charge on any atom is 0.0390 e. The van der Waals surface area contributed by atoms with Crippen molar-refractivity contribution < 1.29 is 0 Å². The van der Waals surface area contributed by atoms with Crippen molar-refractivity contribution in [1.29, 1.82) is 0 Å². The summed E-state index contributed by atoms with van der Waals surface area (Å²) in [5.74, 6) is 0.789. The Morgan fingerprint density at radius 2 is 1.92 bits per heavy atom. The molecule has 2 aromatic carbocycles. The van der Waals surface area contributed by atoms with E-state index < -0.39 is 0 Å². The van der Waals surface area contributed by atoms with Gasteiger partial charge >= 0.3 is 0 Å². The van der Waals surface area contributed by atoms with Gasteiger partial charge in [-0.15, -0.1) is 11.3 Å². The van der Waals surface area contributed by atoms with Gasteiger partial charge in [0.25, 0.3) is 0 Å². The quantitative estimate of drug-likeness (QED) is 0.560. The van der Waals surface area contributed by atoms with Gasteiger partial charge in [0.15, 0.2) is 0 Å². The van der Waals surface area contributed by atoms with Crippen LogP contribution in [-0.4, -0.2) is 5.54 Å². The molecule has 0 bridgehead atoms. The first-order valence-electron chi connectivity index (χ1n) is 8.66. The van der Waals surface area contributed by atoms with Crippen molar-refractivity contribution in [2.45, 2.75) is 32.2 Å². The molecular formula is C22H23NS. The molecule has 122 valence electrons. The molecule has 1 fully saturated rings. The van der Waals surface area contributed by atoms with Gasteiger partial charge in [-0.25, -0.2) is 0 Å². The molecule has 0 spiro atoms. The van der Waals surface area contributed by atoms with Crippen LogP contribution in [0.2, 0.25) is 0 Å². The van der Waals surface area contributed by atoms with Crippen LogP contribution in [0.1, 0.15) is 25.8 Å². The number of rotatable bonds is 5. The summed E-state index contributed by atoms with van der Waals surface area (Å²) in [6.45, 7) is 4.58. The molecule has 1 nitrogen and oxygen atoms in total. The Labute approximate surface area is 147 Å². The second kappa shape index (κ2) is 6.10. The van der Waals surface area contributed by atoms with E-state index in [0.29, 0.717) is 5.54 Å². The number of thiophene rings is 1. The molecule has 1 N–H and O–H groups in total. The molecule has 0 amide bonds. The van der Waals surface area contributed by atoms with Crippen molar-refractivity contribution in [3.63, 3.8) is 0 Å². The Kier molecular flexibility index (Phi) is 3.93. The maximum absolute atomic E-state index is 3.50. The fraction of sp³-hybridized carbons (Fsp3) is 0.273. The lowest BCUT2D eigenvalue weighted by molar-refractivity contribution is 0.586. The van der Waals surface area contributed by atoms with Crippen LogP contribution in [0, 0.1) is 5.92 Å². The van der Waals surface area contributed by atoms with E-state index in [9.17, 15) is 0 Å². The first kappa shape index (κ1) is 15.5. The highest BCUT2D eigenvalue weighted by Crippen LogP contribution is 2.42. The first-order chi connectivity index (χ1) is 11.7. The summed E-state index contributed by atoms with van der Waals surface area (Å²) < 4.78 is 2.80. The van der Waals surface area contributed by atoms with Gasteiger partial charge < -0.3 is 5.32 Å². The van der Waals surface area contributed by atoms with Gasteiger partial charge in [0.1, 0.15) is 0 Å². The molecule has 4 rings (SSSR count). The Hall–Kier alpha value is -2.06. The second-order valence-electron chi connectivity index (χ2n) is 7.05. The van der Waals surface area contributed by atoms with Gasteiger partial charge in [0.2, 0.25) is 0 Å². The number of allylic oxidation sites excluding steroid dienone is 3. The summed E-state index contributed by atoms with van der Waals surface area (Å²) in [6.07, 6.45) is 10.8. The molecule has 1 saturated carbocycles. The lowest BCUT2D eigenvalue weighted by Gasteiger charge is -2.08. The second-order valence-corrected chi connectivity index (χ2v) is 8.10. The smallest absolute Gasteiger partial charge is 0.0390 e. The minimum atomic E-state index is 0.326. The summed E-state index contributed by atoms with van der Waals surface area (Å²) in [4.78, 5) is 0. The molecule has 1 aromatic heterocycles. The lowest BCUT2D eigenvalue weighted by atomic mass is 10.1. The van der Waals surface area contributed by atoms with E-state index in [2.05, 4.69) is 86.1 Å². The van der Waals surface area contributed by atoms with Gasteiger partial charge in [0.05, 0.1) is 0 Å². The monoisotopic (exact) mass is 333 g/mol. The van der Waals surface area contributed by atoms with Crippen LogP contribution in [0.25, 0.3) is 20.2 Å². The van der Waals surface area contributed by atoms with Crippen LogP contribution < -0.4 is 5.32 Å². The van der Waals surface area contributed by atoms with Gasteiger partial charge in [-0.3, -0.25) is 0 Å². The highest BCUT2D eigenvalue weighted by molar-refractivity contribution is 7.26. The van der Waals surface area contributed by atoms with E-state index in [1.807, 2.05) is 11.3 Å². The molecule has 1 aliphatic carbocycles. The fourth-order valence-electron chi connectivity index (χ4n) is 3.31. The number of benzene rings is 2. The predicted octanol–water partition coefficient (Wildman–Crippen LogP) is 6.06. The lowest BCUT2D eigenvalue weighted by Crippen LogP contribution is -2.23. The summed E-state index contributed by atoms with van der Waals surface area (Å²) in [6, 6.07) is 15.3. The topological polar surface area (TPSA) is 12.0 Å². The SMILES string of the molecule is CC1CC1(C)N/C=C\C=C/Cc1cccc2c1sc1ccccc12. The van der Waals surface area contributed by atoms with Crippen molar-refractivity contribution in [3.8, 4) is 0 Å². The highest BCUT2D eigenvalue weighted by atomic mass is 32.1. The summed E-state index contributed by atoms with van der Waals surface area (Å²) >= 11 is 1.90. The molecule has 3 aromatic rings. The Morgan fingerprint density at radius 3 is 2.75 bits per heavy atom. The number of hydrogen-bond acceptors (Lipinski definition) is 2. The maximum atomic E-state index is 3.50. The van der Waals surface area contributed by atoms with Crippen LogP contribution >= 0.6 is 11.3 Å². The van der Waals surface area contributed by atoms with Gasteiger partial charge in [-0.05, 0) is 49.6 Å². The summed E-state index contributed by atoms with van der Waals surface area (Å²) in [5.41, 5.74) is 1.74. The highest BCUT2D eigenvalue weighted by Gasteiger charge is 2.45. The van der Waals surface area contributed by atoms with E-state index in [4.69, 9.17) is 0 Å².